The zero-order valence-corrected chi connectivity index (χ0v) is 31.2. The van der Waals surface area contributed by atoms with E-state index in [1.54, 1.807) is 0 Å². The lowest BCUT2D eigenvalue weighted by Crippen LogP contribution is -1.97. The standard InChI is InChI=1S/C51H34N4S/c1-3-13-40(46-15-5-7-26-53-46)38(11-1)34-17-21-48-42(29-34)43-30-35(39-12-2-4-14-41(39)47-16-6-8-27-54-47)18-22-49(43)55(48)37-20-24-51-45(31-37)44-28-33(19-23-50(44)56-51)36-10-9-25-52-32-36/h1-18,20-22,24-32H,19,23H2. The van der Waals surface area contributed by atoms with Crippen LogP contribution >= 0.6 is 11.3 Å². The molecule has 0 aliphatic heterocycles. The number of pyridine rings is 3. The number of aromatic nitrogens is 4. The highest BCUT2D eigenvalue weighted by Crippen LogP contribution is 2.44. The molecule has 0 spiro atoms. The van der Waals surface area contributed by atoms with Crippen LogP contribution in [0, 0.1) is 0 Å². The fraction of sp³-hybridized carbons (Fsp3) is 0.0392. The van der Waals surface area contributed by atoms with E-state index in [2.05, 4.69) is 149 Å². The average Bonchev–Trinajstić information content (AvgIpc) is 3.81. The molecule has 4 nitrogen and oxygen atoms in total. The van der Waals surface area contributed by atoms with Gasteiger partial charge in [0.25, 0.3) is 0 Å². The lowest BCUT2D eigenvalue weighted by Gasteiger charge is -2.14. The van der Waals surface area contributed by atoms with E-state index in [9.17, 15) is 0 Å². The maximum absolute atomic E-state index is 4.73. The van der Waals surface area contributed by atoms with Crippen LogP contribution in [0.25, 0.3) is 94.0 Å². The summed E-state index contributed by atoms with van der Waals surface area (Å²) in [6, 6.07) is 54.5. The molecular weight excluding hydrogens is 701 g/mol. The number of rotatable bonds is 6. The Morgan fingerprint density at radius 3 is 1.70 bits per heavy atom. The van der Waals surface area contributed by atoms with Crippen LogP contribution in [-0.2, 0) is 6.42 Å². The van der Waals surface area contributed by atoms with Crippen LogP contribution in [0.5, 0.6) is 0 Å². The summed E-state index contributed by atoms with van der Waals surface area (Å²) in [6.45, 7) is 0. The summed E-state index contributed by atoms with van der Waals surface area (Å²) >= 11 is 1.93. The molecule has 5 aromatic carbocycles. The van der Waals surface area contributed by atoms with Crippen LogP contribution in [0.15, 0.2) is 176 Å². The largest absolute Gasteiger partial charge is 0.309 e. The van der Waals surface area contributed by atoms with E-state index in [4.69, 9.17) is 9.97 Å². The fourth-order valence-electron chi connectivity index (χ4n) is 8.51. The fourth-order valence-corrected chi connectivity index (χ4v) is 9.67. The monoisotopic (exact) mass is 734 g/mol. The second-order valence-electron chi connectivity index (χ2n) is 14.4. The van der Waals surface area contributed by atoms with Crippen LogP contribution in [0.2, 0.25) is 0 Å². The molecule has 5 heterocycles. The zero-order valence-electron chi connectivity index (χ0n) is 30.4. The summed E-state index contributed by atoms with van der Waals surface area (Å²) in [6.07, 6.45) is 12.0. The van der Waals surface area contributed by atoms with Crippen molar-refractivity contribution in [3.63, 3.8) is 0 Å². The number of thiophene rings is 1. The van der Waals surface area contributed by atoms with Crippen LogP contribution in [0.4, 0.5) is 0 Å². The molecule has 10 aromatic rings. The van der Waals surface area contributed by atoms with Crippen molar-refractivity contribution < 1.29 is 0 Å². The Morgan fingerprint density at radius 2 is 1.11 bits per heavy atom. The first kappa shape index (κ1) is 32.5. The van der Waals surface area contributed by atoms with Crippen molar-refractivity contribution in [2.45, 2.75) is 12.8 Å². The van der Waals surface area contributed by atoms with Crippen molar-refractivity contribution in [1.82, 2.24) is 19.5 Å². The first-order valence-corrected chi connectivity index (χ1v) is 19.9. The van der Waals surface area contributed by atoms with Crippen molar-refractivity contribution in [3.05, 3.63) is 192 Å². The molecule has 0 radical (unpaired) electrons. The second-order valence-corrected chi connectivity index (χ2v) is 15.5. The number of nitrogens with zero attached hydrogens (tertiary/aromatic N) is 4. The third-order valence-corrected chi connectivity index (χ3v) is 12.4. The van der Waals surface area contributed by atoms with Gasteiger partial charge in [0.1, 0.15) is 0 Å². The van der Waals surface area contributed by atoms with E-state index in [1.807, 2.05) is 54.3 Å². The van der Waals surface area contributed by atoms with Gasteiger partial charge in [-0.1, -0.05) is 78.9 Å². The molecule has 0 bridgehead atoms. The molecule has 0 fully saturated rings. The third kappa shape index (κ3) is 5.47. The second kappa shape index (κ2) is 13.4. The molecule has 0 saturated carbocycles. The van der Waals surface area contributed by atoms with Gasteiger partial charge in [0.05, 0.1) is 22.4 Å². The van der Waals surface area contributed by atoms with Gasteiger partial charge in [-0.25, -0.2) is 0 Å². The van der Waals surface area contributed by atoms with E-state index < -0.39 is 0 Å². The molecule has 264 valence electrons. The maximum Gasteiger partial charge on any atom is 0.0708 e. The van der Waals surface area contributed by atoms with Crippen LogP contribution < -0.4 is 0 Å². The number of hydrogen-bond acceptors (Lipinski definition) is 4. The molecule has 0 unspecified atom stereocenters. The molecule has 56 heavy (non-hydrogen) atoms. The molecule has 0 N–H and O–H groups in total. The predicted octanol–water partition coefficient (Wildman–Crippen LogP) is 13.3. The van der Waals surface area contributed by atoms with Crippen molar-refractivity contribution >= 4 is 54.9 Å². The SMILES string of the molecule is C1=C(c2cccnc2)CCc2sc3ccc(-n4c5ccc(-c6ccccc6-c6ccccn6)cc5c5cc(-c6ccccc6-c6ccccn6)ccc54)cc3c21. The first-order valence-electron chi connectivity index (χ1n) is 19.0. The van der Waals surface area contributed by atoms with Crippen molar-refractivity contribution in [2.75, 3.05) is 0 Å². The minimum absolute atomic E-state index is 0.965. The van der Waals surface area contributed by atoms with E-state index in [0.29, 0.717) is 0 Å². The molecule has 0 saturated heterocycles. The summed E-state index contributed by atoms with van der Waals surface area (Å²) < 4.78 is 3.77. The molecule has 11 rings (SSSR count). The van der Waals surface area contributed by atoms with Gasteiger partial charge in [-0.2, -0.15) is 0 Å². The third-order valence-electron chi connectivity index (χ3n) is 11.1. The van der Waals surface area contributed by atoms with Crippen molar-refractivity contribution in [3.8, 4) is 50.5 Å². The summed E-state index contributed by atoms with van der Waals surface area (Å²) in [4.78, 5) is 15.3. The molecule has 5 heteroatoms. The highest BCUT2D eigenvalue weighted by molar-refractivity contribution is 7.19. The maximum atomic E-state index is 4.73. The zero-order chi connectivity index (χ0) is 37.0. The lowest BCUT2D eigenvalue weighted by molar-refractivity contribution is 1.03. The Bertz CT molecular complexity index is 2980. The molecular formula is C51H34N4S. The van der Waals surface area contributed by atoms with Gasteiger partial charge >= 0.3 is 0 Å². The lowest BCUT2D eigenvalue weighted by atomic mass is 9.92. The van der Waals surface area contributed by atoms with Gasteiger partial charge < -0.3 is 4.57 Å². The van der Waals surface area contributed by atoms with E-state index in [1.165, 1.54) is 53.5 Å². The smallest absolute Gasteiger partial charge is 0.0708 e. The minimum atomic E-state index is 0.965. The van der Waals surface area contributed by atoms with Gasteiger partial charge in [-0.05, 0) is 131 Å². The van der Waals surface area contributed by atoms with E-state index in [-0.39, 0.29) is 0 Å². The average molecular weight is 735 g/mol. The molecule has 0 amide bonds. The molecule has 1 aliphatic carbocycles. The van der Waals surface area contributed by atoms with Crippen LogP contribution in [0.1, 0.15) is 22.4 Å². The number of hydrogen-bond donors (Lipinski definition) is 0. The first-order chi connectivity index (χ1) is 27.8. The van der Waals surface area contributed by atoms with Crippen LogP contribution in [-0.4, -0.2) is 19.5 Å². The van der Waals surface area contributed by atoms with Crippen molar-refractivity contribution in [1.29, 1.82) is 0 Å². The number of allylic oxidation sites excluding steroid dienone is 1. The van der Waals surface area contributed by atoms with Gasteiger partial charge in [0.2, 0.25) is 0 Å². The molecule has 5 aromatic heterocycles. The normalized spacial score (nSPS) is 12.6. The summed E-state index contributed by atoms with van der Waals surface area (Å²) in [5, 5.41) is 3.72. The Hall–Kier alpha value is -6.95. The predicted molar refractivity (Wildman–Crippen MR) is 234 cm³/mol. The minimum Gasteiger partial charge on any atom is -0.309 e. The van der Waals surface area contributed by atoms with E-state index >= 15 is 0 Å². The van der Waals surface area contributed by atoms with Gasteiger partial charge in [0, 0.05) is 67.3 Å². The number of benzene rings is 5. The van der Waals surface area contributed by atoms with Crippen molar-refractivity contribution in [2.24, 2.45) is 0 Å². The van der Waals surface area contributed by atoms with Gasteiger partial charge in [0.15, 0.2) is 0 Å². The number of fused-ring (bicyclic) bond motifs is 6. The summed E-state index contributed by atoms with van der Waals surface area (Å²) in [5.74, 6) is 0. The summed E-state index contributed by atoms with van der Waals surface area (Å²) in [5.41, 5.74) is 16.2. The molecule has 0 atom stereocenters. The van der Waals surface area contributed by atoms with Gasteiger partial charge in [-0.15, -0.1) is 11.3 Å². The number of aryl methyl sites for hydroxylation is 1. The Balaban J connectivity index is 1.13. The summed E-state index contributed by atoms with van der Waals surface area (Å²) in [7, 11) is 0. The molecule has 1 aliphatic rings. The topological polar surface area (TPSA) is 43.6 Å². The Morgan fingerprint density at radius 1 is 0.482 bits per heavy atom. The highest BCUT2D eigenvalue weighted by atomic mass is 32.1. The van der Waals surface area contributed by atoms with Gasteiger partial charge in [-0.3, -0.25) is 15.0 Å². The highest BCUT2D eigenvalue weighted by Gasteiger charge is 2.21. The Labute approximate surface area is 328 Å². The Kier molecular flexibility index (Phi) is 7.78. The van der Waals surface area contributed by atoms with Crippen LogP contribution in [0.3, 0.4) is 0 Å². The quantitative estimate of drug-likeness (QED) is 0.171. The van der Waals surface area contributed by atoms with E-state index in [0.717, 1.165) is 63.3 Å².